The second-order valence-corrected chi connectivity index (χ2v) is 4.34. The van der Waals surface area contributed by atoms with Crippen LogP contribution in [0.25, 0.3) is 0 Å². The predicted octanol–water partition coefficient (Wildman–Crippen LogP) is 2.19. The van der Waals surface area contributed by atoms with Crippen molar-refractivity contribution in [2.75, 3.05) is 0 Å². The highest BCUT2D eigenvalue weighted by Crippen LogP contribution is 2.12. The molecule has 0 fully saturated rings. The van der Waals surface area contributed by atoms with Gasteiger partial charge in [-0.3, -0.25) is 14.9 Å². The molecule has 0 aliphatic rings. The molecule has 0 aliphatic heterocycles. The van der Waals surface area contributed by atoms with Crippen LogP contribution in [0.4, 0.5) is 5.69 Å². The van der Waals surface area contributed by atoms with Crippen LogP contribution in [-0.2, 0) is 11.2 Å². The number of nitrogens with zero attached hydrogens (tertiary/aromatic N) is 2. The third-order valence-electron chi connectivity index (χ3n) is 2.65. The highest BCUT2D eigenvalue weighted by molar-refractivity contribution is 5.81. The second kappa shape index (κ2) is 6.47. The molecule has 0 saturated carbocycles. The van der Waals surface area contributed by atoms with Gasteiger partial charge in [0.1, 0.15) is 11.5 Å². The molecule has 21 heavy (non-hydrogen) atoms. The first kappa shape index (κ1) is 14.4. The van der Waals surface area contributed by atoms with Crippen LogP contribution < -0.4 is 5.43 Å². The van der Waals surface area contributed by atoms with E-state index >= 15 is 0 Å². The lowest BCUT2D eigenvalue weighted by atomic mass is 10.1. The molecule has 0 radical (unpaired) electrons. The average molecular weight is 287 g/mol. The molecule has 2 aromatic rings. The first-order chi connectivity index (χ1) is 10.0. The van der Waals surface area contributed by atoms with Crippen LogP contribution in [0.3, 0.4) is 0 Å². The van der Waals surface area contributed by atoms with Gasteiger partial charge >= 0.3 is 0 Å². The number of benzene rings is 1. The quantitative estimate of drug-likeness (QED) is 0.517. The summed E-state index contributed by atoms with van der Waals surface area (Å²) in [6, 6.07) is 9.32. The lowest BCUT2D eigenvalue weighted by molar-refractivity contribution is -0.384. The van der Waals surface area contributed by atoms with Crippen LogP contribution in [0.5, 0.6) is 0 Å². The van der Waals surface area contributed by atoms with Gasteiger partial charge in [-0.05, 0) is 24.6 Å². The van der Waals surface area contributed by atoms with Crippen LogP contribution in [-0.4, -0.2) is 17.0 Å². The summed E-state index contributed by atoms with van der Waals surface area (Å²) < 4.78 is 5.25. The molecular weight excluding hydrogens is 274 g/mol. The van der Waals surface area contributed by atoms with Crippen molar-refractivity contribution >= 4 is 17.8 Å². The zero-order chi connectivity index (χ0) is 15.2. The number of non-ortho nitro benzene ring substituents is 1. The molecule has 2 rings (SSSR count). The molecule has 7 nitrogen and oxygen atoms in total. The van der Waals surface area contributed by atoms with Gasteiger partial charge in [0.25, 0.3) is 5.69 Å². The molecule has 0 unspecified atom stereocenters. The third-order valence-corrected chi connectivity index (χ3v) is 2.65. The Morgan fingerprint density at radius 3 is 2.62 bits per heavy atom. The Balaban J connectivity index is 1.86. The molecule has 0 aliphatic carbocycles. The number of carbonyl (C=O) groups is 1. The summed E-state index contributed by atoms with van der Waals surface area (Å²) in [7, 11) is 0. The molecule has 1 heterocycles. The largest absolute Gasteiger partial charge is 0.460 e. The molecule has 0 saturated heterocycles. The van der Waals surface area contributed by atoms with E-state index in [0.29, 0.717) is 11.3 Å². The van der Waals surface area contributed by atoms with Crippen molar-refractivity contribution in [2.45, 2.75) is 13.3 Å². The number of hydrogen-bond acceptors (Lipinski definition) is 5. The van der Waals surface area contributed by atoms with Crippen LogP contribution in [0.15, 0.2) is 45.9 Å². The highest BCUT2D eigenvalue weighted by atomic mass is 16.6. The fourth-order valence-electron chi connectivity index (χ4n) is 1.65. The number of rotatable bonds is 5. The van der Waals surface area contributed by atoms with E-state index in [0.717, 1.165) is 5.76 Å². The van der Waals surface area contributed by atoms with E-state index < -0.39 is 4.92 Å². The Hall–Kier alpha value is -2.96. The minimum absolute atomic E-state index is 0.00892. The number of nitrogens with one attached hydrogen (secondary N) is 1. The van der Waals surface area contributed by atoms with E-state index in [1.165, 1.54) is 30.5 Å². The zero-order valence-electron chi connectivity index (χ0n) is 11.3. The summed E-state index contributed by atoms with van der Waals surface area (Å²) in [5, 5.41) is 14.3. The summed E-state index contributed by atoms with van der Waals surface area (Å²) >= 11 is 0. The molecular formula is C14H13N3O4. The lowest BCUT2D eigenvalue weighted by Gasteiger charge is -2.00. The topological polar surface area (TPSA) is 97.7 Å². The fraction of sp³-hybridized carbons (Fsp3) is 0.143. The number of nitro groups is 1. The van der Waals surface area contributed by atoms with E-state index in [2.05, 4.69) is 10.5 Å². The van der Waals surface area contributed by atoms with Gasteiger partial charge in [0, 0.05) is 12.1 Å². The van der Waals surface area contributed by atoms with E-state index in [9.17, 15) is 14.9 Å². The summed E-state index contributed by atoms with van der Waals surface area (Å²) in [6.45, 7) is 1.81. The Kier molecular flexibility index (Phi) is 4.45. The normalized spacial score (nSPS) is 10.7. The summed E-state index contributed by atoms with van der Waals surface area (Å²) in [6.07, 6.45) is 1.49. The van der Waals surface area contributed by atoms with Crippen molar-refractivity contribution in [3.8, 4) is 0 Å². The standard InChI is InChI=1S/C14H13N3O4/c1-10-2-7-13(21-10)9-15-16-14(18)8-11-3-5-12(6-4-11)17(19)20/h2-7,9H,8H2,1H3,(H,16,18)/b15-9-. The Morgan fingerprint density at radius 1 is 1.33 bits per heavy atom. The maximum atomic E-state index is 11.6. The zero-order valence-corrected chi connectivity index (χ0v) is 11.3. The van der Waals surface area contributed by atoms with Gasteiger partial charge in [-0.1, -0.05) is 12.1 Å². The molecule has 1 amide bonds. The number of hydrogen-bond donors (Lipinski definition) is 1. The Bertz CT molecular complexity index is 674. The molecule has 1 aromatic carbocycles. The predicted molar refractivity (Wildman–Crippen MR) is 76.0 cm³/mol. The smallest absolute Gasteiger partial charge is 0.269 e. The van der Waals surface area contributed by atoms with Crippen molar-refractivity contribution in [3.05, 3.63) is 63.6 Å². The SMILES string of the molecule is Cc1ccc(/C=N\NC(=O)Cc2ccc([N+](=O)[O-])cc2)o1. The molecule has 0 bridgehead atoms. The molecule has 0 spiro atoms. The van der Waals surface area contributed by atoms with Crippen LogP contribution in [0.1, 0.15) is 17.1 Å². The van der Waals surface area contributed by atoms with Crippen LogP contribution in [0, 0.1) is 17.0 Å². The first-order valence-corrected chi connectivity index (χ1v) is 6.16. The molecule has 1 N–H and O–H groups in total. The van der Waals surface area contributed by atoms with Gasteiger partial charge in [-0.25, -0.2) is 5.43 Å². The van der Waals surface area contributed by atoms with Crippen LogP contribution in [0.2, 0.25) is 0 Å². The first-order valence-electron chi connectivity index (χ1n) is 6.16. The van der Waals surface area contributed by atoms with Gasteiger partial charge in [-0.15, -0.1) is 0 Å². The Labute approximate surface area is 120 Å². The number of furan rings is 1. The average Bonchev–Trinajstić information content (AvgIpc) is 2.85. The molecule has 7 heteroatoms. The summed E-state index contributed by atoms with van der Waals surface area (Å²) in [5.41, 5.74) is 3.02. The van der Waals surface area contributed by atoms with Gasteiger partial charge in [0.2, 0.25) is 5.91 Å². The molecule has 0 atom stereocenters. The van der Waals surface area contributed by atoms with Crippen molar-refractivity contribution in [1.82, 2.24) is 5.43 Å². The third kappa shape index (κ3) is 4.27. The van der Waals surface area contributed by atoms with Gasteiger partial charge in [-0.2, -0.15) is 5.10 Å². The number of carbonyl (C=O) groups excluding carboxylic acids is 1. The van der Waals surface area contributed by atoms with Crippen molar-refractivity contribution in [3.63, 3.8) is 0 Å². The van der Waals surface area contributed by atoms with Gasteiger partial charge in [0.15, 0.2) is 0 Å². The van der Waals surface area contributed by atoms with Crippen molar-refractivity contribution in [2.24, 2.45) is 5.10 Å². The van der Waals surface area contributed by atoms with Gasteiger partial charge in [0.05, 0.1) is 17.6 Å². The fourth-order valence-corrected chi connectivity index (χ4v) is 1.65. The number of amides is 1. The molecule has 108 valence electrons. The van der Waals surface area contributed by atoms with E-state index in [4.69, 9.17) is 4.42 Å². The second-order valence-electron chi connectivity index (χ2n) is 4.34. The number of hydrazone groups is 1. The number of aryl methyl sites for hydroxylation is 1. The van der Waals surface area contributed by atoms with Crippen molar-refractivity contribution in [1.29, 1.82) is 0 Å². The summed E-state index contributed by atoms with van der Waals surface area (Å²) in [4.78, 5) is 21.7. The summed E-state index contributed by atoms with van der Waals surface area (Å²) in [5.74, 6) is 0.986. The Morgan fingerprint density at radius 2 is 2.05 bits per heavy atom. The minimum atomic E-state index is -0.487. The van der Waals surface area contributed by atoms with E-state index in [1.807, 2.05) is 6.92 Å². The van der Waals surface area contributed by atoms with Gasteiger partial charge < -0.3 is 4.42 Å². The van der Waals surface area contributed by atoms with Crippen molar-refractivity contribution < 1.29 is 14.1 Å². The van der Waals surface area contributed by atoms with Crippen LogP contribution >= 0.6 is 0 Å². The number of nitro benzene ring substituents is 1. The maximum Gasteiger partial charge on any atom is 0.269 e. The monoisotopic (exact) mass is 287 g/mol. The minimum Gasteiger partial charge on any atom is -0.460 e. The molecule has 1 aromatic heterocycles. The van der Waals surface area contributed by atoms with E-state index in [-0.39, 0.29) is 18.0 Å². The highest BCUT2D eigenvalue weighted by Gasteiger charge is 2.06. The maximum absolute atomic E-state index is 11.6. The lowest BCUT2D eigenvalue weighted by Crippen LogP contribution is -2.19. The van der Waals surface area contributed by atoms with E-state index in [1.54, 1.807) is 12.1 Å².